The van der Waals surface area contributed by atoms with Gasteiger partial charge in [0.2, 0.25) is 10.0 Å². The summed E-state index contributed by atoms with van der Waals surface area (Å²) in [5, 5.41) is 13.4. The monoisotopic (exact) mass is 430 g/mol. The molecule has 0 saturated heterocycles. The summed E-state index contributed by atoms with van der Waals surface area (Å²) < 4.78 is 54.6. The van der Waals surface area contributed by atoms with Gasteiger partial charge in [-0.05, 0) is 41.5 Å². The first-order chi connectivity index (χ1) is 14.3. The van der Waals surface area contributed by atoms with Crippen LogP contribution in [0.3, 0.4) is 0 Å². The van der Waals surface area contributed by atoms with Crippen LogP contribution in [0.2, 0.25) is 0 Å². The Hall–Kier alpha value is -3.37. The number of fused-ring (bicyclic) bond motifs is 1. The Labute approximate surface area is 170 Å². The van der Waals surface area contributed by atoms with Crippen LogP contribution < -0.4 is 9.88 Å². The third-order valence-corrected chi connectivity index (χ3v) is 5.46. The maximum absolute atomic E-state index is 12.7. The fraction of sp³-hybridized carbons (Fsp3) is 0.100. The predicted molar refractivity (Wildman–Crippen MR) is 106 cm³/mol. The smallest absolute Gasteiger partial charge is 0.387 e. The lowest BCUT2D eigenvalue weighted by atomic mass is 10.1. The summed E-state index contributed by atoms with van der Waals surface area (Å²) in [5.41, 5.74) is 2.70. The lowest BCUT2D eigenvalue weighted by Gasteiger charge is -2.10. The van der Waals surface area contributed by atoms with Crippen molar-refractivity contribution in [2.45, 2.75) is 17.9 Å². The van der Waals surface area contributed by atoms with Crippen LogP contribution in [0.5, 0.6) is 5.75 Å². The van der Waals surface area contributed by atoms with E-state index in [9.17, 15) is 17.2 Å². The third kappa shape index (κ3) is 4.14. The molecule has 0 spiro atoms. The van der Waals surface area contributed by atoms with E-state index in [1.807, 2.05) is 6.07 Å². The SMILES string of the molecule is NS(=O)(=O)c1ccc(-c2ccc3nnc(Cc4ccccc4OC(F)F)n3c2)cc1. The maximum Gasteiger partial charge on any atom is 0.387 e. The van der Waals surface area contributed by atoms with Gasteiger partial charge in [-0.1, -0.05) is 30.3 Å². The number of hydrogen-bond donors (Lipinski definition) is 1. The topological polar surface area (TPSA) is 99.6 Å². The molecule has 30 heavy (non-hydrogen) atoms. The predicted octanol–water partition coefficient (Wildman–Crippen LogP) is 3.24. The van der Waals surface area contributed by atoms with Gasteiger partial charge >= 0.3 is 6.61 Å². The molecule has 2 aromatic heterocycles. The molecule has 154 valence electrons. The number of pyridine rings is 1. The van der Waals surface area contributed by atoms with Crippen molar-refractivity contribution in [2.24, 2.45) is 5.14 Å². The number of hydrogen-bond acceptors (Lipinski definition) is 5. The highest BCUT2D eigenvalue weighted by atomic mass is 32.2. The Balaban J connectivity index is 1.69. The second-order valence-electron chi connectivity index (χ2n) is 6.49. The molecule has 0 radical (unpaired) electrons. The fourth-order valence-electron chi connectivity index (χ4n) is 3.10. The van der Waals surface area contributed by atoms with Gasteiger partial charge in [0.1, 0.15) is 11.6 Å². The fourth-order valence-corrected chi connectivity index (χ4v) is 3.61. The molecule has 0 saturated carbocycles. The second-order valence-corrected chi connectivity index (χ2v) is 8.06. The van der Waals surface area contributed by atoms with Gasteiger partial charge in [-0.3, -0.25) is 4.40 Å². The normalized spacial score (nSPS) is 11.9. The summed E-state index contributed by atoms with van der Waals surface area (Å²) in [6.07, 6.45) is 2.03. The highest BCUT2D eigenvalue weighted by Crippen LogP contribution is 2.25. The highest BCUT2D eigenvalue weighted by molar-refractivity contribution is 7.89. The number of primary sulfonamides is 1. The van der Waals surface area contributed by atoms with Gasteiger partial charge in [-0.25, -0.2) is 13.6 Å². The molecule has 4 aromatic rings. The van der Waals surface area contributed by atoms with E-state index < -0.39 is 16.6 Å². The van der Waals surface area contributed by atoms with Crippen molar-refractivity contribution in [3.05, 3.63) is 78.2 Å². The molecule has 2 aromatic carbocycles. The number of halogens is 2. The van der Waals surface area contributed by atoms with Gasteiger partial charge in [0.15, 0.2) is 5.65 Å². The molecule has 0 aliphatic heterocycles. The van der Waals surface area contributed by atoms with Gasteiger partial charge < -0.3 is 4.74 Å². The van der Waals surface area contributed by atoms with E-state index in [4.69, 9.17) is 5.14 Å². The number of aromatic nitrogens is 3. The van der Waals surface area contributed by atoms with Crippen LogP contribution in [0.1, 0.15) is 11.4 Å². The molecule has 0 bridgehead atoms. The molecular weight excluding hydrogens is 414 g/mol. The van der Waals surface area contributed by atoms with Crippen molar-refractivity contribution in [1.29, 1.82) is 0 Å². The Morgan fingerprint density at radius 1 is 0.967 bits per heavy atom. The van der Waals surface area contributed by atoms with Crippen LogP contribution in [0, 0.1) is 0 Å². The van der Waals surface area contributed by atoms with E-state index in [1.54, 1.807) is 47.0 Å². The van der Waals surface area contributed by atoms with Gasteiger partial charge in [0.05, 0.1) is 4.90 Å². The first-order valence-electron chi connectivity index (χ1n) is 8.81. The number of benzene rings is 2. The summed E-state index contributed by atoms with van der Waals surface area (Å²) in [7, 11) is -3.77. The summed E-state index contributed by atoms with van der Waals surface area (Å²) in [4.78, 5) is 0.0213. The first-order valence-corrected chi connectivity index (χ1v) is 10.4. The summed E-state index contributed by atoms with van der Waals surface area (Å²) >= 11 is 0. The lowest BCUT2D eigenvalue weighted by molar-refractivity contribution is -0.0504. The second kappa shape index (κ2) is 7.81. The van der Waals surface area contributed by atoms with Crippen LogP contribution in [0.25, 0.3) is 16.8 Å². The number of ether oxygens (including phenoxy) is 1. The number of nitrogens with zero attached hydrogens (tertiary/aromatic N) is 3. The van der Waals surface area contributed by atoms with E-state index in [-0.39, 0.29) is 17.1 Å². The van der Waals surface area contributed by atoms with Crippen molar-refractivity contribution in [3.8, 4) is 16.9 Å². The molecule has 2 N–H and O–H groups in total. The molecule has 0 atom stereocenters. The zero-order valence-corrected chi connectivity index (χ0v) is 16.3. The third-order valence-electron chi connectivity index (χ3n) is 4.53. The summed E-state index contributed by atoms with van der Waals surface area (Å²) in [6, 6.07) is 16.3. The maximum atomic E-state index is 12.7. The van der Waals surface area contributed by atoms with Crippen LogP contribution in [-0.2, 0) is 16.4 Å². The van der Waals surface area contributed by atoms with Crippen LogP contribution in [-0.4, -0.2) is 29.6 Å². The highest BCUT2D eigenvalue weighted by Gasteiger charge is 2.14. The molecule has 0 aliphatic carbocycles. The largest absolute Gasteiger partial charge is 0.435 e. The molecule has 10 heteroatoms. The van der Waals surface area contributed by atoms with Gasteiger partial charge in [-0.15, -0.1) is 10.2 Å². The first kappa shape index (κ1) is 19.9. The standard InChI is InChI=1S/C20H16F2N4O3S/c21-20(22)29-17-4-2-1-3-14(17)11-19-25-24-18-10-7-15(12-26(18)19)13-5-8-16(9-6-13)30(23,27)28/h1-10,12,20H,11H2,(H2,23,27,28). The van der Waals surface area contributed by atoms with Gasteiger partial charge in [-0.2, -0.15) is 8.78 Å². The molecule has 0 fully saturated rings. The summed E-state index contributed by atoms with van der Waals surface area (Å²) in [6.45, 7) is -2.92. The Bertz CT molecular complexity index is 1310. The average Bonchev–Trinajstić information content (AvgIpc) is 3.10. The molecule has 2 heterocycles. The van der Waals surface area contributed by atoms with Crippen LogP contribution in [0.15, 0.2) is 71.8 Å². The van der Waals surface area contributed by atoms with Crippen LogP contribution in [0.4, 0.5) is 8.78 Å². The lowest BCUT2D eigenvalue weighted by Crippen LogP contribution is -2.11. The Morgan fingerprint density at radius 3 is 2.37 bits per heavy atom. The molecule has 0 unspecified atom stereocenters. The van der Waals surface area contributed by atoms with Crippen molar-refractivity contribution in [3.63, 3.8) is 0 Å². The van der Waals surface area contributed by atoms with Crippen molar-refractivity contribution in [1.82, 2.24) is 14.6 Å². The molecule has 0 amide bonds. The molecule has 7 nitrogen and oxygen atoms in total. The number of rotatable bonds is 6. The Morgan fingerprint density at radius 2 is 1.67 bits per heavy atom. The van der Waals surface area contributed by atoms with E-state index >= 15 is 0 Å². The quantitative estimate of drug-likeness (QED) is 0.506. The zero-order chi connectivity index (χ0) is 21.3. The number of sulfonamides is 1. The number of para-hydroxylation sites is 1. The number of alkyl halides is 2. The van der Waals surface area contributed by atoms with Gasteiger partial charge in [0, 0.05) is 18.2 Å². The van der Waals surface area contributed by atoms with Crippen molar-refractivity contribution < 1.29 is 21.9 Å². The minimum atomic E-state index is -3.77. The Kier molecular flexibility index (Phi) is 5.18. The van der Waals surface area contributed by atoms with E-state index in [1.165, 1.54) is 18.2 Å². The number of nitrogens with two attached hydrogens (primary N) is 1. The van der Waals surface area contributed by atoms with Crippen LogP contribution >= 0.6 is 0 Å². The molecule has 4 rings (SSSR count). The average molecular weight is 430 g/mol. The van der Waals surface area contributed by atoms with Crippen molar-refractivity contribution in [2.75, 3.05) is 0 Å². The molecule has 0 aliphatic rings. The van der Waals surface area contributed by atoms with Crippen molar-refractivity contribution >= 4 is 15.7 Å². The zero-order valence-electron chi connectivity index (χ0n) is 15.4. The van der Waals surface area contributed by atoms with E-state index in [2.05, 4.69) is 14.9 Å². The summed E-state index contributed by atoms with van der Waals surface area (Å²) in [5.74, 6) is 0.623. The minimum Gasteiger partial charge on any atom is -0.435 e. The van der Waals surface area contributed by atoms with Gasteiger partial charge in [0.25, 0.3) is 0 Å². The molecular formula is C20H16F2N4O3S. The minimum absolute atomic E-state index is 0.0213. The van der Waals surface area contributed by atoms with E-state index in [0.717, 1.165) is 11.1 Å². The van der Waals surface area contributed by atoms with E-state index in [0.29, 0.717) is 17.0 Å².